The zero-order chi connectivity index (χ0) is 25.6. The number of anilines is 1. The van der Waals surface area contributed by atoms with Gasteiger partial charge in [0.2, 0.25) is 5.82 Å². The number of halogens is 1. The van der Waals surface area contributed by atoms with Gasteiger partial charge >= 0.3 is 0 Å². The van der Waals surface area contributed by atoms with Crippen molar-refractivity contribution in [2.45, 2.75) is 64.2 Å². The fourth-order valence-electron chi connectivity index (χ4n) is 3.77. The van der Waals surface area contributed by atoms with Crippen LogP contribution in [0.5, 0.6) is 11.6 Å². The van der Waals surface area contributed by atoms with Crippen molar-refractivity contribution in [2.75, 3.05) is 31.6 Å². The fourth-order valence-corrected chi connectivity index (χ4v) is 3.77. The van der Waals surface area contributed by atoms with Gasteiger partial charge < -0.3 is 29.6 Å². The summed E-state index contributed by atoms with van der Waals surface area (Å²) in [5.74, 6) is 0.837. The van der Waals surface area contributed by atoms with Gasteiger partial charge in [-0.3, -0.25) is 0 Å². The minimum Gasteiger partial charge on any atom is -0.489 e. The molecule has 192 valence electrons. The van der Waals surface area contributed by atoms with E-state index in [1.165, 1.54) is 12.7 Å². The smallest absolute Gasteiger partial charge is 0.255 e. The molecule has 1 aromatic carbocycles. The lowest BCUT2D eigenvalue weighted by atomic mass is 10.0. The molecule has 9 heteroatoms. The van der Waals surface area contributed by atoms with Crippen LogP contribution in [0.25, 0.3) is 0 Å². The molecule has 2 aromatic rings. The van der Waals surface area contributed by atoms with Crippen molar-refractivity contribution in [3.05, 3.63) is 42.0 Å². The number of aldehydes is 1. The molecule has 0 radical (unpaired) electrons. The topological polar surface area (TPSA) is 96.8 Å². The van der Waals surface area contributed by atoms with Gasteiger partial charge in [-0.1, -0.05) is 26.0 Å². The number of hydrogen-bond acceptors (Lipinski definition) is 8. The van der Waals surface area contributed by atoms with E-state index in [9.17, 15) is 14.3 Å². The predicted molar refractivity (Wildman–Crippen MR) is 133 cm³/mol. The molecule has 1 aliphatic carbocycles. The van der Waals surface area contributed by atoms with Crippen molar-refractivity contribution in [1.82, 2.24) is 15.3 Å². The van der Waals surface area contributed by atoms with Crippen LogP contribution in [0.15, 0.2) is 30.6 Å². The van der Waals surface area contributed by atoms with Crippen LogP contribution in [-0.2, 0) is 4.79 Å². The molecule has 1 aliphatic heterocycles. The highest BCUT2D eigenvalue weighted by Gasteiger charge is 2.30. The fraction of sp³-hybridized carbons (Fsp3) is 0.577. The van der Waals surface area contributed by atoms with Crippen LogP contribution >= 0.6 is 0 Å². The average molecular weight is 489 g/mol. The lowest BCUT2D eigenvalue weighted by Gasteiger charge is -2.21. The van der Waals surface area contributed by atoms with Gasteiger partial charge in [-0.05, 0) is 50.9 Å². The molecule has 2 fully saturated rings. The third kappa shape index (κ3) is 7.86. The van der Waals surface area contributed by atoms with Crippen LogP contribution in [-0.4, -0.2) is 65.9 Å². The molecule has 4 atom stereocenters. The number of carbonyl (C=O) groups excluding carboxylic acids is 1. The number of rotatable bonds is 9. The number of aromatic nitrogens is 2. The standard InChI is InChI=1S/C21H26FN3O4.C5H11N/c1-14(11-26)15-4-6-16(7-5-15)29-17-8-9-25(10-17)19-18(22)20(24-13-23-19)28-12-21(2,3)27;1-4-3-5(4)6-2/h4-7,11,13-14,17,27H,8-10,12H2,1-3H3;4-6H,3H2,1-2H3. The number of nitrogens with zero attached hydrogens (tertiary/aromatic N) is 3. The van der Waals surface area contributed by atoms with Gasteiger partial charge in [0.05, 0.1) is 12.1 Å². The third-order valence-electron chi connectivity index (χ3n) is 6.14. The summed E-state index contributed by atoms with van der Waals surface area (Å²) in [5.41, 5.74) is -0.162. The van der Waals surface area contributed by atoms with Crippen LogP contribution in [0.1, 0.15) is 52.0 Å². The first kappa shape index (κ1) is 26.8. The van der Waals surface area contributed by atoms with Crippen molar-refractivity contribution in [3.63, 3.8) is 0 Å². The number of nitrogens with one attached hydrogen (secondary N) is 1. The Kier molecular flexibility index (Phi) is 9.02. The van der Waals surface area contributed by atoms with Gasteiger partial charge in [-0.25, -0.2) is 4.98 Å². The van der Waals surface area contributed by atoms with E-state index in [2.05, 4.69) is 22.2 Å². The second-order valence-corrected chi connectivity index (χ2v) is 9.99. The summed E-state index contributed by atoms with van der Waals surface area (Å²) < 4.78 is 26.1. The molecule has 0 bridgehead atoms. The van der Waals surface area contributed by atoms with Crippen molar-refractivity contribution in [3.8, 4) is 11.6 Å². The third-order valence-corrected chi connectivity index (χ3v) is 6.14. The lowest BCUT2D eigenvalue weighted by Crippen LogP contribution is -2.29. The van der Waals surface area contributed by atoms with Crippen LogP contribution in [0.4, 0.5) is 10.2 Å². The molecule has 1 saturated carbocycles. The summed E-state index contributed by atoms with van der Waals surface area (Å²) >= 11 is 0. The van der Waals surface area contributed by atoms with E-state index in [0.29, 0.717) is 18.8 Å². The van der Waals surface area contributed by atoms with E-state index in [1.807, 2.05) is 38.2 Å². The van der Waals surface area contributed by atoms with E-state index >= 15 is 0 Å². The average Bonchev–Trinajstić information content (AvgIpc) is 3.37. The van der Waals surface area contributed by atoms with E-state index in [4.69, 9.17) is 9.47 Å². The maximum absolute atomic E-state index is 14.8. The Morgan fingerprint density at radius 2 is 2.00 bits per heavy atom. The predicted octanol–water partition coefficient (Wildman–Crippen LogP) is 3.34. The molecule has 1 aromatic heterocycles. The molecule has 0 spiro atoms. The van der Waals surface area contributed by atoms with Crippen molar-refractivity contribution < 1.29 is 23.8 Å². The molecule has 2 aliphatic rings. The number of ether oxygens (including phenoxy) is 2. The highest BCUT2D eigenvalue weighted by Crippen LogP contribution is 2.29. The molecule has 35 heavy (non-hydrogen) atoms. The Balaban J connectivity index is 0.000000497. The van der Waals surface area contributed by atoms with Gasteiger partial charge in [0.1, 0.15) is 31.1 Å². The number of aliphatic hydroxyl groups is 1. The first-order chi connectivity index (χ1) is 16.6. The summed E-state index contributed by atoms with van der Waals surface area (Å²) in [4.78, 5) is 20.6. The molecular formula is C26H37FN4O4. The zero-order valence-electron chi connectivity index (χ0n) is 21.2. The molecule has 8 nitrogen and oxygen atoms in total. The lowest BCUT2D eigenvalue weighted by molar-refractivity contribution is -0.108. The second-order valence-electron chi connectivity index (χ2n) is 9.99. The molecule has 4 rings (SSSR count). The van der Waals surface area contributed by atoms with Crippen LogP contribution in [0.3, 0.4) is 0 Å². The largest absolute Gasteiger partial charge is 0.489 e. The van der Waals surface area contributed by atoms with E-state index in [1.54, 1.807) is 18.7 Å². The maximum Gasteiger partial charge on any atom is 0.255 e. The van der Waals surface area contributed by atoms with Gasteiger partial charge in [0.15, 0.2) is 5.82 Å². The quantitative estimate of drug-likeness (QED) is 0.519. The first-order valence-corrected chi connectivity index (χ1v) is 12.1. The Labute approximate surface area is 206 Å². The molecule has 0 amide bonds. The number of benzene rings is 1. The van der Waals surface area contributed by atoms with E-state index in [-0.39, 0.29) is 30.3 Å². The van der Waals surface area contributed by atoms with Crippen molar-refractivity contribution >= 4 is 12.1 Å². The van der Waals surface area contributed by atoms with Gasteiger partial charge in [0, 0.05) is 24.9 Å². The van der Waals surface area contributed by atoms with Crippen LogP contribution in [0, 0.1) is 11.7 Å². The Bertz CT molecular complexity index is 965. The Morgan fingerprint density at radius 3 is 2.54 bits per heavy atom. The minimum absolute atomic E-state index is 0.0785. The van der Waals surface area contributed by atoms with E-state index in [0.717, 1.165) is 30.2 Å². The molecule has 1 saturated heterocycles. The highest BCUT2D eigenvalue weighted by atomic mass is 19.1. The van der Waals surface area contributed by atoms with Gasteiger partial charge in [0.25, 0.3) is 5.88 Å². The maximum atomic E-state index is 14.8. The summed E-state index contributed by atoms with van der Waals surface area (Å²) in [7, 11) is 2.02. The molecular weight excluding hydrogens is 451 g/mol. The summed E-state index contributed by atoms with van der Waals surface area (Å²) in [5, 5.41) is 12.9. The summed E-state index contributed by atoms with van der Waals surface area (Å²) in [6.07, 6.45) is 4.14. The number of hydrogen-bond donors (Lipinski definition) is 2. The van der Waals surface area contributed by atoms with Crippen LogP contribution < -0.4 is 19.7 Å². The minimum atomic E-state index is -1.09. The highest BCUT2D eigenvalue weighted by molar-refractivity contribution is 5.61. The Morgan fingerprint density at radius 1 is 1.31 bits per heavy atom. The molecule has 2 heterocycles. The second kappa shape index (κ2) is 11.8. The van der Waals surface area contributed by atoms with Gasteiger partial charge in [-0.15, -0.1) is 0 Å². The zero-order valence-corrected chi connectivity index (χ0v) is 21.2. The Hall–Kier alpha value is -2.78. The van der Waals surface area contributed by atoms with Crippen molar-refractivity contribution in [2.24, 2.45) is 5.92 Å². The van der Waals surface area contributed by atoms with Gasteiger partial charge in [-0.2, -0.15) is 9.37 Å². The number of carbonyl (C=O) groups is 1. The molecule has 4 unspecified atom stereocenters. The first-order valence-electron chi connectivity index (χ1n) is 12.1. The normalized spacial score (nSPS) is 22.1. The monoisotopic (exact) mass is 488 g/mol. The summed E-state index contributed by atoms with van der Waals surface area (Å²) in [6.45, 7) is 8.23. The molecule has 2 N–H and O–H groups in total. The SMILES string of the molecule is CC(C=O)c1ccc(OC2CCN(c3ncnc(OCC(C)(C)O)c3F)C2)cc1.CNC1CC1C. The van der Waals surface area contributed by atoms with Crippen LogP contribution in [0.2, 0.25) is 0 Å². The van der Waals surface area contributed by atoms with Crippen molar-refractivity contribution in [1.29, 1.82) is 0 Å². The van der Waals surface area contributed by atoms with E-state index < -0.39 is 11.4 Å². The summed E-state index contributed by atoms with van der Waals surface area (Å²) in [6, 6.07) is 8.28.